The van der Waals surface area contributed by atoms with E-state index in [-0.39, 0.29) is 11.7 Å². The molecule has 1 aliphatic heterocycles. The van der Waals surface area contributed by atoms with Crippen LogP contribution in [0.4, 0.5) is 11.6 Å². The van der Waals surface area contributed by atoms with Crippen molar-refractivity contribution < 1.29 is 14.6 Å². The number of ether oxygens (including phenoxy) is 1. The van der Waals surface area contributed by atoms with Gasteiger partial charge in [-0.15, -0.1) is 5.10 Å². The van der Waals surface area contributed by atoms with Gasteiger partial charge >= 0.3 is 0 Å². The first-order valence-electron chi connectivity index (χ1n) is 11.5. The van der Waals surface area contributed by atoms with Crippen molar-refractivity contribution in [3.05, 3.63) is 63.8 Å². The maximum Gasteiger partial charge on any atom is 0.255 e. The number of phenols is 1. The van der Waals surface area contributed by atoms with Gasteiger partial charge in [0.2, 0.25) is 11.1 Å². The van der Waals surface area contributed by atoms with Crippen LogP contribution in [0.25, 0.3) is 0 Å². The lowest BCUT2D eigenvalue weighted by atomic mass is 9.95. The molecule has 3 aromatic rings. The zero-order valence-electron chi connectivity index (χ0n) is 19.8. The van der Waals surface area contributed by atoms with Gasteiger partial charge in [0.05, 0.1) is 22.3 Å². The van der Waals surface area contributed by atoms with Crippen molar-refractivity contribution in [3.63, 3.8) is 0 Å². The van der Waals surface area contributed by atoms with Crippen LogP contribution in [-0.2, 0) is 4.79 Å². The molecule has 10 heteroatoms. The SMILES string of the molecule is CCCCSc1nc2n(n1)C(c1ccc(O)c(Br)c1)C(C(=O)Nc1ccccc1OCC)=C(C)N2. The number of amides is 1. The minimum atomic E-state index is -0.546. The van der Waals surface area contributed by atoms with Gasteiger partial charge in [-0.2, -0.15) is 4.98 Å². The molecule has 0 saturated carbocycles. The predicted octanol–water partition coefficient (Wildman–Crippen LogP) is 5.96. The number of carbonyl (C=O) groups is 1. The van der Waals surface area contributed by atoms with Crippen molar-refractivity contribution in [2.45, 2.75) is 44.8 Å². The molecule has 1 atom stereocenters. The molecule has 1 aliphatic rings. The molecular formula is C25H28BrN5O3S. The Hall–Kier alpha value is -2.98. The van der Waals surface area contributed by atoms with Gasteiger partial charge in [0.25, 0.3) is 5.91 Å². The molecule has 184 valence electrons. The highest BCUT2D eigenvalue weighted by molar-refractivity contribution is 9.10. The van der Waals surface area contributed by atoms with Crippen LogP contribution in [-0.4, -0.2) is 38.1 Å². The Morgan fingerprint density at radius 3 is 2.83 bits per heavy atom. The minimum Gasteiger partial charge on any atom is -0.507 e. The second-order valence-electron chi connectivity index (χ2n) is 8.02. The standard InChI is InChI=1S/C25H28BrN5O3S/c1-4-6-13-35-25-29-24-27-15(3)21(23(33)28-18-9-7-8-10-20(18)34-5-2)22(31(24)30-25)16-11-12-19(32)17(26)14-16/h7-12,14,22,32H,4-6,13H2,1-3H3,(H,28,33)(H,27,29,30). The molecule has 4 rings (SSSR count). The van der Waals surface area contributed by atoms with Crippen molar-refractivity contribution in [2.75, 3.05) is 23.0 Å². The number of hydrogen-bond acceptors (Lipinski definition) is 7. The smallest absolute Gasteiger partial charge is 0.255 e. The summed E-state index contributed by atoms with van der Waals surface area (Å²) in [6.07, 6.45) is 2.16. The largest absolute Gasteiger partial charge is 0.507 e. The molecule has 0 saturated heterocycles. The number of benzene rings is 2. The minimum absolute atomic E-state index is 0.120. The van der Waals surface area contributed by atoms with Gasteiger partial charge in [-0.05, 0) is 66.0 Å². The van der Waals surface area contributed by atoms with E-state index in [4.69, 9.17) is 9.84 Å². The summed E-state index contributed by atoms with van der Waals surface area (Å²) in [4.78, 5) is 18.4. The van der Waals surface area contributed by atoms with Crippen molar-refractivity contribution in [1.29, 1.82) is 0 Å². The maximum absolute atomic E-state index is 13.7. The van der Waals surface area contributed by atoms with Gasteiger partial charge in [-0.1, -0.05) is 43.3 Å². The number of nitrogens with zero attached hydrogens (tertiary/aromatic N) is 3. The number of allylic oxidation sites excluding steroid dienone is 1. The molecule has 35 heavy (non-hydrogen) atoms. The maximum atomic E-state index is 13.7. The third kappa shape index (κ3) is 5.48. The molecule has 0 bridgehead atoms. The predicted molar refractivity (Wildman–Crippen MR) is 142 cm³/mol. The number of nitrogens with one attached hydrogen (secondary N) is 2. The van der Waals surface area contributed by atoms with Gasteiger partial charge in [-0.3, -0.25) is 4.79 Å². The van der Waals surface area contributed by atoms with Gasteiger partial charge in [0.1, 0.15) is 17.5 Å². The summed E-state index contributed by atoms with van der Waals surface area (Å²) < 4.78 is 7.96. The number of unbranched alkanes of at least 4 members (excludes halogenated alkanes) is 1. The summed E-state index contributed by atoms with van der Waals surface area (Å²) in [5.74, 6) is 1.93. The number of rotatable bonds is 9. The second-order valence-corrected chi connectivity index (χ2v) is 9.94. The molecule has 0 fully saturated rings. The third-order valence-electron chi connectivity index (χ3n) is 5.53. The van der Waals surface area contributed by atoms with Crippen molar-refractivity contribution in [2.24, 2.45) is 0 Å². The number of aromatic nitrogens is 3. The van der Waals surface area contributed by atoms with E-state index in [1.165, 1.54) is 0 Å². The van der Waals surface area contributed by atoms with Gasteiger partial charge < -0.3 is 20.5 Å². The number of hydrogen-bond donors (Lipinski definition) is 3. The lowest BCUT2D eigenvalue weighted by Gasteiger charge is -2.29. The molecular weight excluding hydrogens is 530 g/mol. The highest BCUT2D eigenvalue weighted by atomic mass is 79.9. The van der Waals surface area contributed by atoms with Crippen LogP contribution in [0.2, 0.25) is 0 Å². The number of halogens is 1. The van der Waals surface area contributed by atoms with Crippen LogP contribution in [0.3, 0.4) is 0 Å². The Balaban J connectivity index is 1.74. The van der Waals surface area contributed by atoms with E-state index in [1.54, 1.807) is 34.6 Å². The zero-order chi connectivity index (χ0) is 24.9. The third-order valence-corrected chi connectivity index (χ3v) is 7.09. The zero-order valence-corrected chi connectivity index (χ0v) is 22.2. The van der Waals surface area contributed by atoms with Crippen LogP contribution in [0.15, 0.2) is 63.4 Å². The first-order valence-corrected chi connectivity index (χ1v) is 13.3. The van der Waals surface area contributed by atoms with Crippen molar-refractivity contribution >= 4 is 45.2 Å². The summed E-state index contributed by atoms with van der Waals surface area (Å²) in [6, 6.07) is 12.0. The number of aromatic hydroxyl groups is 1. The monoisotopic (exact) mass is 557 g/mol. The Morgan fingerprint density at radius 1 is 1.29 bits per heavy atom. The Morgan fingerprint density at radius 2 is 2.09 bits per heavy atom. The van der Waals surface area contributed by atoms with Crippen LogP contribution >= 0.6 is 27.7 Å². The van der Waals surface area contributed by atoms with Crippen LogP contribution < -0.4 is 15.4 Å². The van der Waals surface area contributed by atoms with Crippen LogP contribution in [0, 0.1) is 0 Å². The van der Waals surface area contributed by atoms with E-state index in [0.717, 1.165) is 24.2 Å². The van der Waals surface area contributed by atoms with E-state index < -0.39 is 6.04 Å². The fraction of sp³-hybridized carbons (Fsp3) is 0.320. The number of carbonyl (C=O) groups excluding carboxylic acids is 1. The fourth-order valence-electron chi connectivity index (χ4n) is 3.84. The molecule has 2 heterocycles. The second kappa shape index (κ2) is 11.2. The lowest BCUT2D eigenvalue weighted by molar-refractivity contribution is -0.113. The highest BCUT2D eigenvalue weighted by Gasteiger charge is 2.35. The molecule has 3 N–H and O–H groups in total. The quantitative estimate of drug-likeness (QED) is 0.220. The number of anilines is 2. The number of phenolic OH excluding ortho intramolecular Hbond substituents is 1. The Kier molecular flexibility index (Phi) is 8.02. The van der Waals surface area contributed by atoms with E-state index in [0.29, 0.717) is 44.9 Å². The molecule has 0 radical (unpaired) electrons. The van der Waals surface area contributed by atoms with E-state index in [2.05, 4.69) is 38.5 Å². The molecule has 1 amide bonds. The molecule has 2 aromatic carbocycles. The topological polar surface area (TPSA) is 101 Å². The van der Waals surface area contributed by atoms with Gasteiger partial charge in [0, 0.05) is 11.4 Å². The Bertz CT molecular complexity index is 1260. The van der Waals surface area contributed by atoms with Crippen molar-refractivity contribution in [1.82, 2.24) is 14.8 Å². The summed E-state index contributed by atoms with van der Waals surface area (Å²) in [6.45, 7) is 6.39. The molecule has 0 aliphatic carbocycles. The molecule has 1 unspecified atom stereocenters. The number of thioether (sulfide) groups is 1. The number of para-hydroxylation sites is 2. The normalized spacial score (nSPS) is 14.9. The van der Waals surface area contributed by atoms with Crippen LogP contribution in [0.5, 0.6) is 11.5 Å². The molecule has 1 aromatic heterocycles. The fourth-order valence-corrected chi connectivity index (χ4v) is 5.15. The van der Waals surface area contributed by atoms with E-state index in [1.807, 2.05) is 38.1 Å². The van der Waals surface area contributed by atoms with Gasteiger partial charge in [-0.25, -0.2) is 4.68 Å². The lowest BCUT2D eigenvalue weighted by Crippen LogP contribution is -2.31. The average Bonchev–Trinajstić information content (AvgIpc) is 3.23. The summed E-state index contributed by atoms with van der Waals surface area (Å²) in [5, 5.41) is 21.7. The number of fused-ring (bicyclic) bond motifs is 1. The van der Waals surface area contributed by atoms with Gasteiger partial charge in [0.15, 0.2) is 0 Å². The molecule has 0 spiro atoms. The molecule has 8 nitrogen and oxygen atoms in total. The van der Waals surface area contributed by atoms with E-state index >= 15 is 0 Å². The highest BCUT2D eigenvalue weighted by Crippen LogP contribution is 2.39. The Labute approximate surface area is 217 Å². The van der Waals surface area contributed by atoms with Crippen LogP contribution in [0.1, 0.15) is 45.2 Å². The van der Waals surface area contributed by atoms with Crippen molar-refractivity contribution in [3.8, 4) is 11.5 Å². The first kappa shape index (κ1) is 25.1. The average molecular weight is 559 g/mol. The summed E-state index contributed by atoms with van der Waals surface area (Å²) in [7, 11) is 0. The van der Waals surface area contributed by atoms with E-state index in [9.17, 15) is 9.90 Å². The summed E-state index contributed by atoms with van der Waals surface area (Å²) >= 11 is 5.00. The summed E-state index contributed by atoms with van der Waals surface area (Å²) in [5.41, 5.74) is 2.55. The first-order chi connectivity index (χ1) is 16.9.